The number of nitrogens with zero attached hydrogens (tertiary/aromatic N) is 1. The average Bonchev–Trinajstić information content (AvgIpc) is 2.50. The highest BCUT2D eigenvalue weighted by Gasteiger charge is 2.19. The first-order valence-corrected chi connectivity index (χ1v) is 6.94. The molecule has 0 aromatic heterocycles. The van der Waals surface area contributed by atoms with E-state index >= 15 is 0 Å². The van der Waals surface area contributed by atoms with Crippen LogP contribution in [0.25, 0.3) is 0 Å². The Morgan fingerprint density at radius 3 is 1.86 bits per heavy atom. The number of hydrogen-bond donors (Lipinski definition) is 1. The van der Waals surface area contributed by atoms with E-state index in [1.54, 1.807) is 26.4 Å². The second-order valence-corrected chi connectivity index (χ2v) is 4.74. The number of methoxy groups -OCH3 is 2. The van der Waals surface area contributed by atoms with Gasteiger partial charge in [0.25, 0.3) is 6.43 Å². The zero-order valence-corrected chi connectivity index (χ0v) is 12.6. The van der Waals surface area contributed by atoms with E-state index in [0.717, 1.165) is 5.56 Å². The number of ether oxygens (including phenoxy) is 2. The summed E-state index contributed by atoms with van der Waals surface area (Å²) in [5.74, 6) is 0. The summed E-state index contributed by atoms with van der Waals surface area (Å²) in [6, 6.07) is 6.29. The monoisotopic (exact) mass is 302 g/mol. The van der Waals surface area contributed by atoms with Crippen LogP contribution in [0, 0.1) is 0 Å². The van der Waals surface area contributed by atoms with Crippen LogP contribution in [-0.4, -0.2) is 52.0 Å². The topological polar surface area (TPSA) is 47.7 Å². The quantitative estimate of drug-likeness (QED) is 0.720. The number of rotatable bonds is 10. The molecule has 21 heavy (non-hydrogen) atoms. The van der Waals surface area contributed by atoms with Gasteiger partial charge in [-0.05, 0) is 5.56 Å². The van der Waals surface area contributed by atoms with Gasteiger partial charge in [0.15, 0.2) is 0 Å². The molecule has 1 aromatic carbocycles. The van der Waals surface area contributed by atoms with Crippen molar-refractivity contribution in [1.29, 1.82) is 0 Å². The fraction of sp³-hybridized carbons (Fsp3) is 0.600. The molecule has 1 atom stereocenters. The maximum absolute atomic E-state index is 12.6. The van der Waals surface area contributed by atoms with Crippen molar-refractivity contribution in [1.82, 2.24) is 4.90 Å². The molecule has 0 saturated heterocycles. The van der Waals surface area contributed by atoms with Gasteiger partial charge < -0.3 is 15.2 Å². The summed E-state index contributed by atoms with van der Waals surface area (Å²) in [4.78, 5) is 2.14. The fourth-order valence-electron chi connectivity index (χ4n) is 2.20. The van der Waals surface area contributed by atoms with Crippen LogP contribution in [0.1, 0.15) is 23.6 Å². The molecule has 1 unspecified atom stereocenters. The lowest BCUT2D eigenvalue weighted by molar-refractivity contribution is 0.0891. The van der Waals surface area contributed by atoms with Crippen molar-refractivity contribution in [3.05, 3.63) is 35.4 Å². The molecule has 2 N–H and O–H groups in total. The van der Waals surface area contributed by atoms with E-state index in [0.29, 0.717) is 32.8 Å². The van der Waals surface area contributed by atoms with Crippen LogP contribution >= 0.6 is 0 Å². The molecule has 1 aromatic rings. The molecule has 0 spiro atoms. The Morgan fingerprint density at radius 2 is 1.48 bits per heavy atom. The summed E-state index contributed by atoms with van der Waals surface area (Å²) in [6.07, 6.45) is -2.45. The van der Waals surface area contributed by atoms with Crippen LogP contribution in [0.3, 0.4) is 0 Å². The molecule has 0 amide bonds. The van der Waals surface area contributed by atoms with Crippen molar-refractivity contribution in [3.8, 4) is 0 Å². The lowest BCUT2D eigenvalue weighted by Crippen LogP contribution is -2.38. The van der Waals surface area contributed by atoms with E-state index < -0.39 is 6.43 Å². The maximum atomic E-state index is 12.6. The van der Waals surface area contributed by atoms with E-state index in [1.807, 2.05) is 0 Å². The van der Waals surface area contributed by atoms with Gasteiger partial charge in [0.2, 0.25) is 0 Å². The highest BCUT2D eigenvalue weighted by atomic mass is 19.3. The van der Waals surface area contributed by atoms with Gasteiger partial charge in [-0.3, -0.25) is 4.90 Å². The normalized spacial score (nSPS) is 13.1. The van der Waals surface area contributed by atoms with Crippen LogP contribution in [0.5, 0.6) is 0 Å². The summed E-state index contributed by atoms with van der Waals surface area (Å²) in [6.45, 7) is 2.97. The van der Waals surface area contributed by atoms with E-state index in [1.165, 1.54) is 12.1 Å². The van der Waals surface area contributed by atoms with E-state index in [2.05, 4.69) is 4.90 Å². The largest absolute Gasteiger partial charge is 0.383 e. The Labute approximate surface area is 124 Å². The predicted octanol–water partition coefficient (Wildman–Crippen LogP) is 2.22. The van der Waals surface area contributed by atoms with Crippen LogP contribution in [0.15, 0.2) is 24.3 Å². The molecule has 0 fully saturated rings. The number of nitrogens with two attached hydrogens (primary N) is 1. The van der Waals surface area contributed by atoms with Gasteiger partial charge in [0.05, 0.1) is 13.2 Å². The average molecular weight is 302 g/mol. The third kappa shape index (κ3) is 5.67. The van der Waals surface area contributed by atoms with Gasteiger partial charge in [0, 0.05) is 45.5 Å². The molecule has 1 rings (SSSR count). The highest BCUT2D eigenvalue weighted by molar-refractivity contribution is 5.26. The van der Waals surface area contributed by atoms with Crippen LogP contribution < -0.4 is 5.73 Å². The van der Waals surface area contributed by atoms with E-state index in [-0.39, 0.29) is 11.6 Å². The summed E-state index contributed by atoms with van der Waals surface area (Å²) >= 11 is 0. The van der Waals surface area contributed by atoms with Crippen LogP contribution in [0.2, 0.25) is 0 Å². The molecule has 0 aliphatic carbocycles. The maximum Gasteiger partial charge on any atom is 0.263 e. The summed E-state index contributed by atoms with van der Waals surface area (Å²) in [5, 5.41) is 0. The minimum absolute atomic E-state index is 0.0230. The van der Waals surface area contributed by atoms with Crippen LogP contribution in [0.4, 0.5) is 8.78 Å². The van der Waals surface area contributed by atoms with Crippen molar-refractivity contribution in [2.75, 3.05) is 47.1 Å². The van der Waals surface area contributed by atoms with E-state index in [4.69, 9.17) is 15.2 Å². The van der Waals surface area contributed by atoms with Crippen molar-refractivity contribution >= 4 is 0 Å². The van der Waals surface area contributed by atoms with Gasteiger partial charge in [-0.2, -0.15) is 0 Å². The third-order valence-corrected chi connectivity index (χ3v) is 3.40. The molecule has 6 heteroatoms. The molecule has 120 valence electrons. The molecule has 0 aliphatic heterocycles. The lowest BCUT2D eigenvalue weighted by Gasteiger charge is -2.31. The Balaban J connectivity index is 2.84. The molecule has 0 bridgehead atoms. The first-order chi connectivity index (χ1) is 10.1. The predicted molar refractivity (Wildman–Crippen MR) is 78.5 cm³/mol. The van der Waals surface area contributed by atoms with Crippen molar-refractivity contribution < 1.29 is 18.3 Å². The van der Waals surface area contributed by atoms with Crippen molar-refractivity contribution in [3.63, 3.8) is 0 Å². The number of benzene rings is 1. The molecule has 4 nitrogen and oxygen atoms in total. The number of halogens is 2. The second-order valence-electron chi connectivity index (χ2n) is 4.74. The number of alkyl halides is 2. The summed E-state index contributed by atoms with van der Waals surface area (Å²) in [7, 11) is 3.28. The second kappa shape index (κ2) is 9.78. The van der Waals surface area contributed by atoms with Gasteiger partial charge in [0.1, 0.15) is 0 Å². The first-order valence-electron chi connectivity index (χ1n) is 6.94. The third-order valence-electron chi connectivity index (χ3n) is 3.40. The standard InChI is InChI=1S/C15H24F2N2O2/c1-20-9-7-19(8-10-21-2)14(11-18)12-3-5-13(6-4-12)15(16)17/h3-6,14-15H,7-11,18H2,1-2H3. The SMILES string of the molecule is COCCN(CCOC)C(CN)c1ccc(C(F)F)cc1. The first kappa shape index (κ1) is 18.0. The highest BCUT2D eigenvalue weighted by Crippen LogP contribution is 2.24. The Hall–Kier alpha value is -1.08. The lowest BCUT2D eigenvalue weighted by atomic mass is 10.0. The Bertz CT molecular complexity index is 380. The van der Waals surface area contributed by atoms with Crippen molar-refractivity contribution in [2.45, 2.75) is 12.5 Å². The molecule has 0 heterocycles. The zero-order chi connectivity index (χ0) is 15.7. The van der Waals surface area contributed by atoms with E-state index in [9.17, 15) is 8.78 Å². The Kier molecular flexibility index (Phi) is 8.37. The van der Waals surface area contributed by atoms with Crippen molar-refractivity contribution in [2.24, 2.45) is 5.73 Å². The summed E-state index contributed by atoms with van der Waals surface area (Å²) < 4.78 is 35.4. The molecular weight excluding hydrogens is 278 g/mol. The fourth-order valence-corrected chi connectivity index (χ4v) is 2.20. The number of hydrogen-bond acceptors (Lipinski definition) is 4. The summed E-state index contributed by atoms with van der Waals surface area (Å²) in [5.41, 5.74) is 6.82. The van der Waals surface area contributed by atoms with Gasteiger partial charge >= 0.3 is 0 Å². The molecule has 0 aliphatic rings. The van der Waals surface area contributed by atoms with Gasteiger partial charge in [-0.25, -0.2) is 8.78 Å². The minimum Gasteiger partial charge on any atom is -0.383 e. The van der Waals surface area contributed by atoms with Gasteiger partial charge in [-0.1, -0.05) is 24.3 Å². The minimum atomic E-state index is -2.45. The van der Waals surface area contributed by atoms with Crippen LogP contribution in [-0.2, 0) is 9.47 Å². The molecular formula is C15H24F2N2O2. The smallest absolute Gasteiger partial charge is 0.263 e. The Morgan fingerprint density at radius 1 is 1.00 bits per heavy atom. The van der Waals surface area contributed by atoms with Gasteiger partial charge in [-0.15, -0.1) is 0 Å². The molecule has 0 radical (unpaired) electrons. The zero-order valence-electron chi connectivity index (χ0n) is 12.6. The molecule has 0 saturated carbocycles.